The Morgan fingerprint density at radius 3 is 2.41 bits per heavy atom. The Labute approximate surface area is 157 Å². The molecule has 0 saturated carbocycles. The van der Waals surface area contributed by atoms with Gasteiger partial charge in [-0.2, -0.15) is 5.10 Å². The molecular formula is C19H24N4O4. The largest absolute Gasteiger partial charge is 0.497 e. The first-order valence-corrected chi connectivity index (χ1v) is 8.90. The van der Waals surface area contributed by atoms with Gasteiger partial charge >= 0.3 is 5.97 Å². The molecule has 1 N–H and O–H groups in total. The van der Waals surface area contributed by atoms with E-state index in [2.05, 4.69) is 10.00 Å². The third-order valence-corrected chi connectivity index (χ3v) is 4.81. The molecule has 1 saturated heterocycles. The number of nitrogens with zero attached hydrogens (tertiary/aromatic N) is 4. The number of piperazine rings is 1. The molecule has 0 radical (unpaired) electrons. The summed E-state index contributed by atoms with van der Waals surface area (Å²) in [4.78, 5) is 27.7. The zero-order valence-electron chi connectivity index (χ0n) is 15.5. The van der Waals surface area contributed by atoms with E-state index in [4.69, 9.17) is 9.84 Å². The van der Waals surface area contributed by atoms with E-state index in [9.17, 15) is 9.59 Å². The molecule has 1 aliphatic rings. The van der Waals surface area contributed by atoms with E-state index < -0.39 is 12.0 Å². The monoisotopic (exact) mass is 372 g/mol. The van der Waals surface area contributed by atoms with Gasteiger partial charge in [0.1, 0.15) is 17.5 Å². The maximum atomic E-state index is 12.6. The maximum absolute atomic E-state index is 12.6. The first-order valence-electron chi connectivity index (χ1n) is 8.90. The van der Waals surface area contributed by atoms with Crippen LogP contribution in [0.3, 0.4) is 0 Å². The highest BCUT2D eigenvalue weighted by Gasteiger charge is 2.24. The number of carboxylic acid groups (broad SMARTS) is 1. The predicted molar refractivity (Wildman–Crippen MR) is 98.7 cm³/mol. The van der Waals surface area contributed by atoms with Crippen LogP contribution in [0.25, 0.3) is 0 Å². The van der Waals surface area contributed by atoms with E-state index >= 15 is 0 Å². The third kappa shape index (κ3) is 4.46. The lowest BCUT2D eigenvalue weighted by atomic mass is 10.2. The topological polar surface area (TPSA) is 87.9 Å². The molecule has 2 heterocycles. The SMILES string of the molecule is COc1ccc(CN2CCN(C(=O)c3ccn(C(C)C(=O)O)n3)CC2)cc1. The number of aliphatic carboxylic acids is 1. The van der Waals surface area contributed by atoms with Crippen LogP contribution in [0.1, 0.15) is 29.0 Å². The van der Waals surface area contributed by atoms with E-state index in [0.717, 1.165) is 25.4 Å². The number of methoxy groups -OCH3 is 1. The molecule has 8 heteroatoms. The lowest BCUT2D eigenvalue weighted by Gasteiger charge is -2.34. The van der Waals surface area contributed by atoms with Crippen LogP contribution in [0, 0.1) is 0 Å². The Morgan fingerprint density at radius 2 is 1.81 bits per heavy atom. The van der Waals surface area contributed by atoms with Crippen molar-refractivity contribution >= 4 is 11.9 Å². The molecule has 0 bridgehead atoms. The van der Waals surface area contributed by atoms with Crippen molar-refractivity contribution in [2.45, 2.75) is 19.5 Å². The number of carbonyl (C=O) groups is 2. The number of hydrogen-bond donors (Lipinski definition) is 1. The molecule has 8 nitrogen and oxygen atoms in total. The molecule has 1 aromatic carbocycles. The fourth-order valence-corrected chi connectivity index (χ4v) is 3.04. The Balaban J connectivity index is 1.53. The summed E-state index contributed by atoms with van der Waals surface area (Å²) in [7, 11) is 1.65. The molecule has 1 aliphatic heterocycles. The molecule has 2 aromatic rings. The zero-order valence-corrected chi connectivity index (χ0v) is 15.5. The standard InChI is InChI=1S/C19H24N4O4/c1-14(19(25)26)23-8-7-17(20-23)18(24)22-11-9-21(10-12-22)13-15-3-5-16(27-2)6-4-15/h3-8,14H,9-13H2,1-2H3,(H,25,26). The van der Waals surface area contributed by atoms with Crippen LogP contribution in [0.4, 0.5) is 0 Å². The van der Waals surface area contributed by atoms with Gasteiger partial charge in [0, 0.05) is 38.9 Å². The zero-order chi connectivity index (χ0) is 19.4. The number of carboxylic acids is 1. The first-order chi connectivity index (χ1) is 13.0. The summed E-state index contributed by atoms with van der Waals surface area (Å²) in [6.07, 6.45) is 1.53. The molecule has 0 aliphatic carbocycles. The van der Waals surface area contributed by atoms with Gasteiger partial charge in [-0.25, -0.2) is 4.79 Å². The first kappa shape index (κ1) is 18.9. The summed E-state index contributed by atoms with van der Waals surface area (Å²) in [6, 6.07) is 8.77. The molecule has 3 rings (SSSR count). The summed E-state index contributed by atoms with van der Waals surface area (Å²) >= 11 is 0. The van der Waals surface area contributed by atoms with Crippen molar-refractivity contribution in [2.75, 3.05) is 33.3 Å². The van der Waals surface area contributed by atoms with E-state index in [1.807, 2.05) is 24.3 Å². The average Bonchev–Trinajstić information content (AvgIpc) is 3.18. The van der Waals surface area contributed by atoms with Crippen LogP contribution >= 0.6 is 0 Å². The van der Waals surface area contributed by atoms with Gasteiger partial charge in [0.05, 0.1) is 7.11 Å². The summed E-state index contributed by atoms with van der Waals surface area (Å²) < 4.78 is 6.47. The highest BCUT2D eigenvalue weighted by Crippen LogP contribution is 2.15. The van der Waals surface area contributed by atoms with Crippen molar-refractivity contribution < 1.29 is 19.4 Å². The number of hydrogen-bond acceptors (Lipinski definition) is 5. The number of aromatic nitrogens is 2. The molecule has 144 valence electrons. The minimum Gasteiger partial charge on any atom is -0.497 e. The smallest absolute Gasteiger partial charge is 0.328 e. The van der Waals surface area contributed by atoms with Gasteiger partial charge in [0.25, 0.3) is 5.91 Å². The van der Waals surface area contributed by atoms with Crippen LogP contribution in [0.15, 0.2) is 36.5 Å². The normalized spacial score (nSPS) is 16.1. The molecule has 1 unspecified atom stereocenters. The highest BCUT2D eigenvalue weighted by atomic mass is 16.5. The second-order valence-corrected chi connectivity index (χ2v) is 6.61. The third-order valence-electron chi connectivity index (χ3n) is 4.81. The van der Waals surface area contributed by atoms with Gasteiger partial charge < -0.3 is 14.7 Å². The van der Waals surface area contributed by atoms with Gasteiger partial charge in [0.2, 0.25) is 0 Å². The number of amides is 1. The maximum Gasteiger partial charge on any atom is 0.328 e. The fraction of sp³-hybridized carbons (Fsp3) is 0.421. The van der Waals surface area contributed by atoms with Gasteiger partial charge in [0.15, 0.2) is 0 Å². The quantitative estimate of drug-likeness (QED) is 0.827. The Morgan fingerprint density at radius 1 is 1.15 bits per heavy atom. The molecule has 0 spiro atoms. The lowest BCUT2D eigenvalue weighted by Crippen LogP contribution is -2.48. The Hall–Kier alpha value is -2.87. The number of benzene rings is 1. The lowest BCUT2D eigenvalue weighted by molar-refractivity contribution is -0.140. The van der Waals surface area contributed by atoms with E-state index in [-0.39, 0.29) is 11.6 Å². The van der Waals surface area contributed by atoms with E-state index in [0.29, 0.717) is 13.1 Å². The average molecular weight is 372 g/mol. The minimum absolute atomic E-state index is 0.157. The van der Waals surface area contributed by atoms with Crippen LogP contribution in [0.5, 0.6) is 5.75 Å². The second kappa shape index (κ2) is 8.22. The van der Waals surface area contributed by atoms with Crippen molar-refractivity contribution in [3.05, 3.63) is 47.8 Å². The summed E-state index contributed by atoms with van der Waals surface area (Å²) in [6.45, 7) is 5.17. The molecule has 1 aromatic heterocycles. The minimum atomic E-state index is -0.982. The predicted octanol–water partition coefficient (Wildman–Crippen LogP) is 1.50. The van der Waals surface area contributed by atoms with Crippen molar-refractivity contribution in [1.29, 1.82) is 0 Å². The van der Waals surface area contributed by atoms with Gasteiger partial charge in [-0.15, -0.1) is 0 Å². The fourth-order valence-electron chi connectivity index (χ4n) is 3.04. The number of ether oxygens (including phenoxy) is 1. The van der Waals surface area contributed by atoms with E-state index in [1.54, 1.807) is 18.1 Å². The summed E-state index contributed by atoms with van der Waals surface area (Å²) in [5, 5.41) is 13.2. The Kier molecular flexibility index (Phi) is 5.75. The van der Waals surface area contributed by atoms with Gasteiger partial charge in [-0.1, -0.05) is 12.1 Å². The molecular weight excluding hydrogens is 348 g/mol. The Bertz CT molecular complexity index is 794. The molecule has 1 atom stereocenters. The highest BCUT2D eigenvalue weighted by molar-refractivity contribution is 5.92. The van der Waals surface area contributed by atoms with Gasteiger partial charge in [-0.3, -0.25) is 14.4 Å². The molecule has 27 heavy (non-hydrogen) atoms. The molecule has 1 fully saturated rings. The van der Waals surface area contributed by atoms with Crippen molar-refractivity contribution in [2.24, 2.45) is 0 Å². The second-order valence-electron chi connectivity index (χ2n) is 6.61. The number of carbonyl (C=O) groups excluding carboxylic acids is 1. The summed E-state index contributed by atoms with van der Waals surface area (Å²) in [5.41, 5.74) is 1.49. The van der Waals surface area contributed by atoms with Crippen molar-refractivity contribution in [3.8, 4) is 5.75 Å². The van der Waals surface area contributed by atoms with Gasteiger partial charge in [-0.05, 0) is 30.7 Å². The number of rotatable bonds is 6. The van der Waals surface area contributed by atoms with Crippen LogP contribution in [-0.2, 0) is 11.3 Å². The van der Waals surface area contributed by atoms with Crippen LogP contribution < -0.4 is 4.74 Å². The molecule has 1 amide bonds. The summed E-state index contributed by atoms with van der Waals surface area (Å²) in [5.74, 6) is -0.300. The van der Waals surface area contributed by atoms with E-state index in [1.165, 1.54) is 23.4 Å². The van der Waals surface area contributed by atoms with Crippen molar-refractivity contribution in [3.63, 3.8) is 0 Å². The van der Waals surface area contributed by atoms with Crippen molar-refractivity contribution in [1.82, 2.24) is 19.6 Å². The van der Waals surface area contributed by atoms with Crippen LogP contribution in [0.2, 0.25) is 0 Å². The van der Waals surface area contributed by atoms with Crippen LogP contribution in [-0.4, -0.2) is 69.9 Å².